The number of fused-ring (bicyclic) bond motifs is 5. The molecule has 0 spiro atoms. The van der Waals surface area contributed by atoms with Gasteiger partial charge in [-0.15, -0.1) is 0 Å². The van der Waals surface area contributed by atoms with Crippen LogP contribution in [-0.2, 0) is 4.74 Å². The molecule has 3 aliphatic rings. The average Bonchev–Trinajstić information content (AvgIpc) is 2.59. The second-order valence-corrected chi connectivity index (χ2v) is 4.32. The van der Waals surface area contributed by atoms with Crippen LogP contribution in [0.1, 0.15) is 19.3 Å². The van der Waals surface area contributed by atoms with Crippen LogP contribution in [0.2, 0.25) is 0 Å². The van der Waals surface area contributed by atoms with Gasteiger partial charge in [-0.3, -0.25) is 0 Å². The van der Waals surface area contributed by atoms with Gasteiger partial charge in [0.15, 0.2) is 0 Å². The van der Waals surface area contributed by atoms with Gasteiger partial charge in [0.05, 0.1) is 19.2 Å². The fraction of sp³-hybridized carbons (Fsp3) is 0.889. The highest BCUT2D eigenvalue weighted by atomic mass is 16.5. The molecule has 0 radical (unpaired) electrons. The lowest BCUT2D eigenvalue weighted by atomic mass is 9.87. The predicted molar refractivity (Wildman–Crippen MR) is 45.8 cm³/mol. The van der Waals surface area contributed by atoms with Gasteiger partial charge in [0.25, 0.3) is 0 Å². The molecule has 3 rings (SSSR count). The Morgan fingerprint density at radius 3 is 2.92 bits per heavy atom. The number of hydrazine groups is 1. The smallest absolute Gasteiger partial charge is 0.424 e. The van der Waals surface area contributed by atoms with Crippen molar-refractivity contribution in [3.05, 3.63) is 0 Å². The van der Waals surface area contributed by atoms with E-state index in [4.69, 9.17) is 4.74 Å². The van der Waals surface area contributed by atoms with Gasteiger partial charge in [-0.2, -0.15) is 0 Å². The van der Waals surface area contributed by atoms with Crippen molar-refractivity contribution in [3.8, 4) is 0 Å². The van der Waals surface area contributed by atoms with E-state index in [1.165, 1.54) is 26.4 Å². The molecular weight excluding hydrogens is 168 g/mol. The summed E-state index contributed by atoms with van der Waals surface area (Å²) in [4.78, 5) is 11.3. The Morgan fingerprint density at radius 2 is 2.23 bits per heavy atom. The first-order valence-electron chi connectivity index (χ1n) is 4.94. The van der Waals surface area contributed by atoms with E-state index in [1.807, 2.05) is 0 Å². The zero-order valence-electron chi connectivity index (χ0n) is 7.69. The second-order valence-electron chi connectivity index (χ2n) is 4.32. The normalized spacial score (nSPS) is 45.8. The molecular formula is C9H14N2O2. The summed E-state index contributed by atoms with van der Waals surface area (Å²) in [6, 6.07) is 1.00. The van der Waals surface area contributed by atoms with E-state index >= 15 is 0 Å². The van der Waals surface area contributed by atoms with Crippen molar-refractivity contribution in [1.82, 2.24) is 10.4 Å². The van der Waals surface area contributed by atoms with E-state index in [2.05, 4.69) is 5.43 Å². The number of hydrogen-bond acceptors (Lipinski definition) is 3. The molecule has 1 N–H and O–H groups in total. The molecule has 4 nitrogen and oxygen atoms in total. The Hall–Kier alpha value is -0.770. The number of ether oxygens (including phenoxy) is 1. The van der Waals surface area contributed by atoms with E-state index in [-0.39, 0.29) is 6.09 Å². The van der Waals surface area contributed by atoms with E-state index in [1.54, 1.807) is 5.01 Å². The number of amides is 1. The third-order valence-corrected chi connectivity index (χ3v) is 3.83. The molecule has 72 valence electrons. The highest BCUT2D eigenvalue weighted by Gasteiger charge is 2.58. The predicted octanol–water partition coefficient (Wildman–Crippen LogP) is 0.740. The molecule has 1 saturated heterocycles. The van der Waals surface area contributed by atoms with Crippen LogP contribution in [0.3, 0.4) is 0 Å². The Bertz CT molecular complexity index is 254. The summed E-state index contributed by atoms with van der Waals surface area (Å²) < 4.78 is 4.69. The number of hydrogen-bond donors (Lipinski definition) is 1. The zero-order chi connectivity index (χ0) is 9.00. The molecule has 4 heteroatoms. The van der Waals surface area contributed by atoms with Crippen LogP contribution in [0.25, 0.3) is 0 Å². The van der Waals surface area contributed by atoms with Crippen molar-refractivity contribution in [1.29, 1.82) is 0 Å². The molecule has 3 fully saturated rings. The summed E-state index contributed by atoms with van der Waals surface area (Å²) in [5.41, 5.74) is 3.18. The summed E-state index contributed by atoms with van der Waals surface area (Å²) in [6.45, 7) is 0. The van der Waals surface area contributed by atoms with Crippen LogP contribution in [-0.4, -0.2) is 30.3 Å². The first-order valence-corrected chi connectivity index (χ1v) is 4.94. The van der Waals surface area contributed by atoms with Gasteiger partial charge < -0.3 is 4.74 Å². The summed E-state index contributed by atoms with van der Waals surface area (Å²) >= 11 is 0. The number of nitrogens with zero attached hydrogens (tertiary/aromatic N) is 1. The largest absolute Gasteiger partial charge is 0.452 e. The fourth-order valence-electron chi connectivity index (χ4n) is 3.25. The van der Waals surface area contributed by atoms with Crippen molar-refractivity contribution in [2.75, 3.05) is 7.11 Å². The van der Waals surface area contributed by atoms with Crippen LogP contribution in [0.4, 0.5) is 4.79 Å². The molecule has 1 heterocycles. The number of carbonyl (C=O) groups excluding carboxylic acids is 1. The molecule has 0 aromatic carbocycles. The van der Waals surface area contributed by atoms with Crippen LogP contribution in [0.15, 0.2) is 0 Å². The van der Waals surface area contributed by atoms with Crippen molar-refractivity contribution in [2.45, 2.75) is 31.3 Å². The van der Waals surface area contributed by atoms with Gasteiger partial charge in [-0.05, 0) is 31.1 Å². The summed E-state index contributed by atoms with van der Waals surface area (Å²) in [5, 5.41) is 1.68. The average molecular weight is 182 g/mol. The quantitative estimate of drug-likeness (QED) is 0.600. The lowest BCUT2D eigenvalue weighted by molar-refractivity contribution is -0.0455. The third-order valence-electron chi connectivity index (χ3n) is 3.83. The van der Waals surface area contributed by atoms with Gasteiger partial charge >= 0.3 is 6.09 Å². The Kier molecular flexibility index (Phi) is 1.39. The number of rotatable bonds is 0. The standard InChI is InChI=1S/C9H14N2O2/c1-13-9(12)11-8-6-3-2-5(4-6)7(8)10-11/h5-8,10H,2-4H2,1H3/t5-,6-,7+,8+/m1/s1. The van der Waals surface area contributed by atoms with Gasteiger partial charge in [-0.25, -0.2) is 15.2 Å². The monoisotopic (exact) mass is 182 g/mol. The minimum Gasteiger partial charge on any atom is -0.452 e. The number of carbonyl (C=O) groups is 1. The van der Waals surface area contributed by atoms with Gasteiger partial charge in [0, 0.05) is 0 Å². The van der Waals surface area contributed by atoms with Crippen molar-refractivity contribution >= 4 is 6.09 Å². The first kappa shape index (κ1) is 7.62. The highest BCUT2D eigenvalue weighted by molar-refractivity contribution is 5.68. The number of methoxy groups -OCH3 is 1. The first-order chi connectivity index (χ1) is 6.31. The lowest BCUT2D eigenvalue weighted by Gasteiger charge is -2.49. The summed E-state index contributed by atoms with van der Waals surface area (Å²) in [6.07, 6.45) is 3.71. The minimum absolute atomic E-state index is 0.228. The van der Waals surface area contributed by atoms with Crippen molar-refractivity contribution in [3.63, 3.8) is 0 Å². The molecule has 0 aromatic rings. The van der Waals surface area contributed by atoms with Crippen LogP contribution in [0, 0.1) is 11.8 Å². The molecule has 2 aliphatic carbocycles. The maximum atomic E-state index is 11.3. The fourth-order valence-corrected chi connectivity index (χ4v) is 3.25. The molecule has 2 bridgehead atoms. The van der Waals surface area contributed by atoms with Crippen LogP contribution < -0.4 is 5.43 Å². The number of nitrogens with one attached hydrogen (secondary N) is 1. The van der Waals surface area contributed by atoms with Gasteiger partial charge in [0.1, 0.15) is 0 Å². The van der Waals surface area contributed by atoms with Crippen molar-refractivity contribution < 1.29 is 9.53 Å². The summed E-state index contributed by atoms with van der Waals surface area (Å²) in [7, 11) is 1.44. The summed E-state index contributed by atoms with van der Waals surface area (Å²) in [5.74, 6) is 1.55. The van der Waals surface area contributed by atoms with Crippen LogP contribution >= 0.6 is 0 Å². The van der Waals surface area contributed by atoms with E-state index in [0.717, 1.165) is 11.8 Å². The second kappa shape index (κ2) is 2.38. The molecule has 1 amide bonds. The topological polar surface area (TPSA) is 41.6 Å². The van der Waals surface area contributed by atoms with E-state index in [0.29, 0.717) is 12.1 Å². The molecule has 0 unspecified atom stereocenters. The SMILES string of the molecule is COC(=O)N1N[C@H]2[C@@H]3CC[C@H](C3)[C@@H]21. The molecule has 0 aromatic heterocycles. The highest BCUT2D eigenvalue weighted by Crippen LogP contribution is 2.50. The minimum atomic E-state index is -0.228. The maximum Gasteiger partial charge on any atom is 0.424 e. The zero-order valence-corrected chi connectivity index (χ0v) is 7.69. The van der Waals surface area contributed by atoms with Crippen molar-refractivity contribution in [2.24, 2.45) is 11.8 Å². The third kappa shape index (κ3) is 0.817. The van der Waals surface area contributed by atoms with E-state index < -0.39 is 0 Å². The van der Waals surface area contributed by atoms with Gasteiger partial charge in [-0.1, -0.05) is 0 Å². The Labute approximate surface area is 77.2 Å². The van der Waals surface area contributed by atoms with Gasteiger partial charge in [0.2, 0.25) is 0 Å². The van der Waals surface area contributed by atoms with Crippen LogP contribution in [0.5, 0.6) is 0 Å². The molecule has 13 heavy (non-hydrogen) atoms. The Balaban J connectivity index is 1.75. The molecule has 1 aliphatic heterocycles. The Morgan fingerprint density at radius 1 is 1.46 bits per heavy atom. The maximum absolute atomic E-state index is 11.3. The molecule has 4 atom stereocenters. The molecule has 2 saturated carbocycles. The lowest BCUT2D eigenvalue weighted by Crippen LogP contribution is -2.72. The van der Waals surface area contributed by atoms with E-state index in [9.17, 15) is 4.79 Å².